The van der Waals surface area contributed by atoms with Crippen LogP contribution in [0.5, 0.6) is 0 Å². The predicted octanol–water partition coefficient (Wildman–Crippen LogP) is 3.82. The Balaban J connectivity index is 1.80. The highest BCUT2D eigenvalue weighted by molar-refractivity contribution is 7.99. The lowest BCUT2D eigenvalue weighted by molar-refractivity contribution is 0.656. The lowest BCUT2D eigenvalue weighted by Crippen LogP contribution is -2.12. The normalized spacial score (nSPS) is 20.9. The second-order valence-electron chi connectivity index (χ2n) is 4.54. The molecule has 4 heteroatoms. The van der Waals surface area contributed by atoms with Gasteiger partial charge in [0.2, 0.25) is 0 Å². The Bertz CT molecular complexity index is 517. The zero-order valence-electron chi connectivity index (χ0n) is 9.60. The smallest absolute Gasteiger partial charge is 0.138 e. The highest BCUT2D eigenvalue weighted by Gasteiger charge is 2.15. The number of imidazole rings is 1. The minimum Gasteiger partial charge on any atom is -0.307 e. The fourth-order valence-electron chi connectivity index (χ4n) is 2.31. The van der Waals surface area contributed by atoms with E-state index in [0.717, 1.165) is 22.3 Å². The summed E-state index contributed by atoms with van der Waals surface area (Å²) in [5.74, 6) is 1.31. The molecule has 1 aliphatic heterocycles. The van der Waals surface area contributed by atoms with Crippen molar-refractivity contribution >= 4 is 29.0 Å². The maximum atomic E-state index is 5.96. The van der Waals surface area contributed by atoms with Crippen LogP contribution in [0.1, 0.15) is 25.0 Å². The Hall–Kier alpha value is -0.670. The average Bonchev–Trinajstić information content (AvgIpc) is 2.71. The van der Waals surface area contributed by atoms with Gasteiger partial charge in [-0.2, -0.15) is 11.8 Å². The summed E-state index contributed by atoms with van der Waals surface area (Å²) in [6.07, 6.45) is 9.27. The van der Waals surface area contributed by atoms with Gasteiger partial charge in [0.05, 0.1) is 5.69 Å². The number of nitrogens with zero attached hydrogens (tertiary/aromatic N) is 2. The predicted molar refractivity (Wildman–Crippen MR) is 74.0 cm³/mol. The van der Waals surface area contributed by atoms with Gasteiger partial charge in [-0.05, 0) is 30.7 Å². The van der Waals surface area contributed by atoms with Crippen molar-refractivity contribution in [2.75, 3.05) is 5.75 Å². The van der Waals surface area contributed by atoms with E-state index in [1.165, 1.54) is 30.7 Å². The first-order valence-corrected chi connectivity index (χ1v) is 7.49. The van der Waals surface area contributed by atoms with Gasteiger partial charge in [0, 0.05) is 29.1 Å². The van der Waals surface area contributed by atoms with Gasteiger partial charge in [-0.1, -0.05) is 18.0 Å². The topological polar surface area (TPSA) is 17.3 Å². The molecule has 2 aromatic heterocycles. The minimum absolute atomic E-state index is 0.752. The van der Waals surface area contributed by atoms with Crippen LogP contribution < -0.4 is 0 Å². The first-order valence-electron chi connectivity index (χ1n) is 6.06. The van der Waals surface area contributed by atoms with Crippen molar-refractivity contribution in [3.63, 3.8) is 0 Å². The van der Waals surface area contributed by atoms with E-state index >= 15 is 0 Å². The summed E-state index contributed by atoms with van der Waals surface area (Å²) >= 11 is 8.06. The molecule has 0 saturated carbocycles. The molecule has 0 bridgehead atoms. The number of thioether (sulfide) groups is 1. The molecule has 3 rings (SSSR count). The molecule has 0 aliphatic carbocycles. The number of hydrogen-bond acceptors (Lipinski definition) is 2. The molecule has 90 valence electrons. The molecule has 3 heterocycles. The molecule has 0 amide bonds. The summed E-state index contributed by atoms with van der Waals surface area (Å²) in [6.45, 7) is 0. The van der Waals surface area contributed by atoms with Gasteiger partial charge in [0.1, 0.15) is 5.65 Å². The molecule has 1 fully saturated rings. The third-order valence-corrected chi connectivity index (χ3v) is 4.82. The molecule has 17 heavy (non-hydrogen) atoms. The van der Waals surface area contributed by atoms with Gasteiger partial charge in [-0.15, -0.1) is 0 Å². The Morgan fingerprint density at radius 1 is 1.47 bits per heavy atom. The SMILES string of the molecule is Clc1ccn2cc(CC3CCCCS3)nc2c1. The van der Waals surface area contributed by atoms with E-state index in [0.29, 0.717) is 0 Å². The largest absolute Gasteiger partial charge is 0.307 e. The molecule has 1 unspecified atom stereocenters. The van der Waals surface area contributed by atoms with Crippen molar-refractivity contribution in [3.05, 3.63) is 35.2 Å². The summed E-state index contributed by atoms with van der Waals surface area (Å²) in [6, 6.07) is 3.81. The van der Waals surface area contributed by atoms with Gasteiger partial charge in [0.15, 0.2) is 0 Å². The molecular formula is C13H15ClN2S. The van der Waals surface area contributed by atoms with Crippen molar-refractivity contribution in [2.24, 2.45) is 0 Å². The maximum Gasteiger partial charge on any atom is 0.138 e. The van der Waals surface area contributed by atoms with Gasteiger partial charge in [-0.3, -0.25) is 0 Å². The van der Waals surface area contributed by atoms with E-state index in [1.54, 1.807) is 0 Å². The second-order valence-corrected chi connectivity index (χ2v) is 6.38. The average molecular weight is 267 g/mol. The first-order chi connectivity index (χ1) is 8.31. The molecule has 2 nitrogen and oxygen atoms in total. The van der Waals surface area contributed by atoms with Crippen LogP contribution in [-0.4, -0.2) is 20.4 Å². The van der Waals surface area contributed by atoms with Crippen LogP contribution in [0.4, 0.5) is 0 Å². The van der Waals surface area contributed by atoms with Gasteiger partial charge >= 0.3 is 0 Å². The van der Waals surface area contributed by atoms with Gasteiger partial charge in [0.25, 0.3) is 0 Å². The minimum atomic E-state index is 0.752. The standard InChI is InChI=1S/C13H15ClN2S/c14-10-4-5-16-9-11(15-13(16)7-10)8-12-3-1-2-6-17-12/h4-5,7,9,12H,1-3,6,8H2. The molecule has 0 radical (unpaired) electrons. The van der Waals surface area contributed by atoms with Crippen LogP contribution in [0.3, 0.4) is 0 Å². The molecule has 2 aromatic rings. The number of fused-ring (bicyclic) bond motifs is 1. The third-order valence-electron chi connectivity index (χ3n) is 3.18. The van der Waals surface area contributed by atoms with Crippen LogP contribution in [0.25, 0.3) is 5.65 Å². The fraction of sp³-hybridized carbons (Fsp3) is 0.462. The second kappa shape index (κ2) is 4.91. The quantitative estimate of drug-likeness (QED) is 0.822. The van der Waals surface area contributed by atoms with Crippen LogP contribution in [-0.2, 0) is 6.42 Å². The van der Waals surface area contributed by atoms with Crippen LogP contribution >= 0.6 is 23.4 Å². The number of halogens is 1. The molecular weight excluding hydrogens is 252 g/mol. The van der Waals surface area contributed by atoms with Crippen molar-refractivity contribution in [3.8, 4) is 0 Å². The van der Waals surface area contributed by atoms with E-state index in [1.807, 2.05) is 18.3 Å². The van der Waals surface area contributed by atoms with Gasteiger partial charge in [-0.25, -0.2) is 4.98 Å². The third kappa shape index (κ3) is 2.61. The Labute approximate surface area is 110 Å². The molecule has 1 atom stereocenters. The number of hydrogen-bond donors (Lipinski definition) is 0. The van der Waals surface area contributed by atoms with Crippen LogP contribution in [0.15, 0.2) is 24.5 Å². The number of pyridine rings is 1. The highest BCUT2D eigenvalue weighted by Crippen LogP contribution is 2.27. The van der Waals surface area contributed by atoms with E-state index in [-0.39, 0.29) is 0 Å². The van der Waals surface area contributed by atoms with Crippen LogP contribution in [0, 0.1) is 0 Å². The van der Waals surface area contributed by atoms with Crippen molar-refractivity contribution in [1.29, 1.82) is 0 Å². The van der Waals surface area contributed by atoms with E-state index < -0.39 is 0 Å². The number of aromatic nitrogens is 2. The summed E-state index contributed by atoms with van der Waals surface area (Å²) in [4.78, 5) is 4.63. The molecule has 0 aromatic carbocycles. The first kappa shape index (κ1) is 11.4. The zero-order chi connectivity index (χ0) is 11.7. The molecule has 0 N–H and O–H groups in total. The molecule has 0 spiro atoms. The van der Waals surface area contributed by atoms with Crippen molar-refractivity contribution < 1.29 is 0 Å². The summed E-state index contributed by atoms with van der Waals surface area (Å²) in [5.41, 5.74) is 2.14. The molecule has 1 saturated heterocycles. The monoisotopic (exact) mass is 266 g/mol. The van der Waals surface area contributed by atoms with E-state index in [2.05, 4.69) is 27.3 Å². The highest BCUT2D eigenvalue weighted by atomic mass is 35.5. The Kier molecular flexibility index (Phi) is 3.30. The van der Waals surface area contributed by atoms with E-state index in [4.69, 9.17) is 11.6 Å². The molecule has 1 aliphatic rings. The zero-order valence-corrected chi connectivity index (χ0v) is 11.2. The van der Waals surface area contributed by atoms with Crippen molar-refractivity contribution in [1.82, 2.24) is 9.38 Å². The Morgan fingerprint density at radius 3 is 3.24 bits per heavy atom. The van der Waals surface area contributed by atoms with Crippen molar-refractivity contribution in [2.45, 2.75) is 30.9 Å². The van der Waals surface area contributed by atoms with Crippen LogP contribution in [0.2, 0.25) is 5.02 Å². The maximum absolute atomic E-state index is 5.96. The summed E-state index contributed by atoms with van der Waals surface area (Å²) in [5, 5.41) is 1.51. The van der Waals surface area contributed by atoms with Gasteiger partial charge < -0.3 is 4.40 Å². The lowest BCUT2D eigenvalue weighted by atomic mass is 10.1. The Morgan fingerprint density at radius 2 is 2.41 bits per heavy atom. The number of rotatable bonds is 2. The van der Waals surface area contributed by atoms with E-state index in [9.17, 15) is 0 Å². The summed E-state index contributed by atoms with van der Waals surface area (Å²) in [7, 11) is 0. The fourth-order valence-corrected chi connectivity index (χ4v) is 3.79. The lowest BCUT2D eigenvalue weighted by Gasteiger charge is -2.19. The summed E-state index contributed by atoms with van der Waals surface area (Å²) < 4.78 is 2.05.